The number of amides is 1. The van der Waals surface area contributed by atoms with Gasteiger partial charge in [0.1, 0.15) is 0 Å². The molecule has 0 bridgehead atoms. The smallest absolute Gasteiger partial charge is 0.227 e. The molecule has 3 nitrogen and oxygen atoms in total. The van der Waals surface area contributed by atoms with Crippen molar-refractivity contribution in [3.05, 3.63) is 29.3 Å². The van der Waals surface area contributed by atoms with E-state index in [0.29, 0.717) is 16.8 Å². The zero-order valence-electron chi connectivity index (χ0n) is 9.87. The summed E-state index contributed by atoms with van der Waals surface area (Å²) >= 11 is 6.01. The maximum Gasteiger partial charge on any atom is 0.227 e. The second-order valence-electron chi connectivity index (χ2n) is 4.55. The third kappa shape index (κ3) is 3.20. The van der Waals surface area contributed by atoms with Crippen LogP contribution >= 0.6 is 11.6 Å². The van der Waals surface area contributed by atoms with Crippen molar-refractivity contribution in [1.82, 2.24) is 5.32 Å². The van der Waals surface area contributed by atoms with Gasteiger partial charge in [-0.3, -0.25) is 4.79 Å². The minimum Gasteiger partial charge on any atom is -0.325 e. The van der Waals surface area contributed by atoms with Crippen molar-refractivity contribution >= 4 is 23.2 Å². The molecular weight excluding hydrogens is 236 g/mol. The number of piperidine rings is 1. The Balaban J connectivity index is 1.99. The van der Waals surface area contributed by atoms with Crippen LogP contribution in [0, 0.1) is 5.92 Å². The second-order valence-corrected chi connectivity index (χ2v) is 4.95. The van der Waals surface area contributed by atoms with E-state index in [0.717, 1.165) is 19.4 Å². The minimum atomic E-state index is 0.0754. The van der Waals surface area contributed by atoms with Gasteiger partial charge in [0.05, 0.1) is 10.7 Å². The lowest BCUT2D eigenvalue weighted by molar-refractivity contribution is -0.120. The van der Waals surface area contributed by atoms with Crippen LogP contribution in [0.25, 0.3) is 0 Å². The Morgan fingerprint density at radius 3 is 2.94 bits per heavy atom. The number of nitrogens with one attached hydrogen (secondary N) is 2. The number of halogens is 1. The van der Waals surface area contributed by atoms with Gasteiger partial charge in [0.25, 0.3) is 0 Å². The Labute approximate surface area is 107 Å². The highest BCUT2D eigenvalue weighted by Crippen LogP contribution is 2.23. The van der Waals surface area contributed by atoms with Crippen LogP contribution in [0.1, 0.15) is 19.8 Å². The molecule has 1 saturated heterocycles. The first kappa shape index (κ1) is 12.4. The summed E-state index contributed by atoms with van der Waals surface area (Å²) in [4.78, 5) is 12.1. The molecule has 2 atom stereocenters. The Kier molecular flexibility index (Phi) is 4.02. The van der Waals surface area contributed by atoms with E-state index >= 15 is 0 Å². The molecule has 1 amide bonds. The van der Waals surface area contributed by atoms with E-state index in [1.54, 1.807) is 6.07 Å². The summed E-state index contributed by atoms with van der Waals surface area (Å²) in [5.74, 6) is 0.161. The average Bonchev–Trinajstić information content (AvgIpc) is 2.32. The third-order valence-corrected chi connectivity index (χ3v) is 3.46. The van der Waals surface area contributed by atoms with Crippen LogP contribution in [-0.4, -0.2) is 18.5 Å². The van der Waals surface area contributed by atoms with Crippen LogP contribution in [0.4, 0.5) is 5.69 Å². The fourth-order valence-corrected chi connectivity index (χ4v) is 2.35. The highest BCUT2D eigenvalue weighted by atomic mass is 35.5. The highest BCUT2D eigenvalue weighted by molar-refractivity contribution is 6.33. The molecular formula is C13H17ClN2O. The molecule has 0 unspecified atom stereocenters. The zero-order chi connectivity index (χ0) is 12.3. The van der Waals surface area contributed by atoms with Crippen molar-refractivity contribution in [1.29, 1.82) is 0 Å². The SMILES string of the molecule is C[C@H]1C[C@@H](C(=O)Nc2ccccc2Cl)CCN1. The van der Waals surface area contributed by atoms with Crippen LogP contribution in [0.2, 0.25) is 5.02 Å². The predicted molar refractivity (Wildman–Crippen MR) is 70.3 cm³/mol. The summed E-state index contributed by atoms with van der Waals surface area (Å²) in [5.41, 5.74) is 0.699. The van der Waals surface area contributed by atoms with Gasteiger partial charge in [0, 0.05) is 12.0 Å². The first-order valence-corrected chi connectivity index (χ1v) is 6.33. The number of rotatable bonds is 2. The fourth-order valence-electron chi connectivity index (χ4n) is 2.17. The van der Waals surface area contributed by atoms with E-state index in [2.05, 4.69) is 17.6 Å². The van der Waals surface area contributed by atoms with Gasteiger partial charge in [0.2, 0.25) is 5.91 Å². The van der Waals surface area contributed by atoms with E-state index in [-0.39, 0.29) is 11.8 Å². The maximum absolute atomic E-state index is 12.1. The Morgan fingerprint density at radius 1 is 1.47 bits per heavy atom. The monoisotopic (exact) mass is 252 g/mol. The lowest BCUT2D eigenvalue weighted by Gasteiger charge is -2.27. The van der Waals surface area contributed by atoms with E-state index < -0.39 is 0 Å². The summed E-state index contributed by atoms with van der Waals surface area (Å²) in [6.07, 6.45) is 1.77. The van der Waals surface area contributed by atoms with Crippen LogP contribution in [0.3, 0.4) is 0 Å². The molecule has 1 aliphatic rings. The molecule has 0 aliphatic carbocycles. The molecule has 0 aromatic heterocycles. The number of hydrogen-bond donors (Lipinski definition) is 2. The van der Waals surface area contributed by atoms with Crippen LogP contribution in [0.15, 0.2) is 24.3 Å². The van der Waals surface area contributed by atoms with E-state index in [1.165, 1.54) is 0 Å². The van der Waals surface area contributed by atoms with E-state index in [1.807, 2.05) is 18.2 Å². The molecule has 0 saturated carbocycles. The predicted octanol–water partition coefficient (Wildman–Crippen LogP) is 2.67. The molecule has 1 aliphatic heterocycles. The van der Waals surface area contributed by atoms with Gasteiger partial charge in [-0.2, -0.15) is 0 Å². The van der Waals surface area contributed by atoms with Gasteiger partial charge in [-0.1, -0.05) is 23.7 Å². The van der Waals surface area contributed by atoms with Gasteiger partial charge >= 0.3 is 0 Å². The number of carbonyl (C=O) groups excluding carboxylic acids is 1. The van der Waals surface area contributed by atoms with Gasteiger partial charge in [-0.25, -0.2) is 0 Å². The summed E-state index contributed by atoms with van der Waals surface area (Å²) in [6, 6.07) is 7.73. The minimum absolute atomic E-state index is 0.0754. The first-order valence-electron chi connectivity index (χ1n) is 5.95. The number of carbonyl (C=O) groups is 1. The van der Waals surface area contributed by atoms with Crippen molar-refractivity contribution in [2.75, 3.05) is 11.9 Å². The number of anilines is 1. The Bertz CT molecular complexity index is 408. The Hall–Kier alpha value is -1.06. The number of para-hydroxylation sites is 1. The molecule has 1 fully saturated rings. The highest BCUT2D eigenvalue weighted by Gasteiger charge is 2.24. The summed E-state index contributed by atoms with van der Waals surface area (Å²) in [6.45, 7) is 3.01. The molecule has 92 valence electrons. The van der Waals surface area contributed by atoms with Crippen LogP contribution < -0.4 is 10.6 Å². The van der Waals surface area contributed by atoms with Crippen LogP contribution in [0.5, 0.6) is 0 Å². The topological polar surface area (TPSA) is 41.1 Å². The standard InChI is InChI=1S/C13H17ClN2O/c1-9-8-10(6-7-15-9)13(17)16-12-5-3-2-4-11(12)14/h2-5,9-10,15H,6-8H2,1H3,(H,16,17)/t9-,10-/m0/s1. The van der Waals surface area contributed by atoms with Gasteiger partial charge in [-0.15, -0.1) is 0 Å². The molecule has 2 N–H and O–H groups in total. The average molecular weight is 253 g/mol. The number of benzene rings is 1. The van der Waals surface area contributed by atoms with Crippen molar-refractivity contribution in [2.45, 2.75) is 25.8 Å². The normalized spacial score (nSPS) is 24.4. The van der Waals surface area contributed by atoms with Crippen molar-refractivity contribution < 1.29 is 4.79 Å². The molecule has 1 aromatic carbocycles. The van der Waals surface area contributed by atoms with Crippen molar-refractivity contribution in [2.24, 2.45) is 5.92 Å². The van der Waals surface area contributed by atoms with E-state index in [9.17, 15) is 4.79 Å². The van der Waals surface area contributed by atoms with E-state index in [4.69, 9.17) is 11.6 Å². The molecule has 0 radical (unpaired) electrons. The largest absolute Gasteiger partial charge is 0.325 e. The van der Waals surface area contributed by atoms with Gasteiger partial charge < -0.3 is 10.6 Å². The lowest BCUT2D eigenvalue weighted by atomic mass is 9.92. The fraction of sp³-hybridized carbons (Fsp3) is 0.462. The summed E-state index contributed by atoms with van der Waals surface area (Å²) in [7, 11) is 0. The molecule has 17 heavy (non-hydrogen) atoms. The van der Waals surface area contributed by atoms with Crippen LogP contribution in [-0.2, 0) is 4.79 Å². The van der Waals surface area contributed by atoms with Crippen molar-refractivity contribution in [3.8, 4) is 0 Å². The maximum atomic E-state index is 12.1. The van der Waals surface area contributed by atoms with Crippen molar-refractivity contribution in [3.63, 3.8) is 0 Å². The molecule has 1 heterocycles. The first-order chi connectivity index (χ1) is 8.16. The number of hydrogen-bond acceptors (Lipinski definition) is 2. The Morgan fingerprint density at radius 2 is 2.24 bits per heavy atom. The summed E-state index contributed by atoms with van der Waals surface area (Å²) < 4.78 is 0. The molecule has 2 rings (SSSR count). The quantitative estimate of drug-likeness (QED) is 0.850. The molecule has 1 aromatic rings. The molecule has 4 heteroatoms. The third-order valence-electron chi connectivity index (χ3n) is 3.13. The van der Waals surface area contributed by atoms with Gasteiger partial charge in [0.15, 0.2) is 0 Å². The second kappa shape index (κ2) is 5.52. The summed E-state index contributed by atoms with van der Waals surface area (Å²) in [5, 5.41) is 6.82. The zero-order valence-corrected chi connectivity index (χ0v) is 10.6. The van der Waals surface area contributed by atoms with Gasteiger partial charge in [-0.05, 0) is 38.4 Å². The molecule has 0 spiro atoms. The lowest BCUT2D eigenvalue weighted by Crippen LogP contribution is -2.40.